The number of piperidine rings is 1. The van der Waals surface area contributed by atoms with E-state index in [2.05, 4.69) is 27.7 Å². The van der Waals surface area contributed by atoms with E-state index in [-0.39, 0.29) is 11.8 Å². The lowest BCUT2D eigenvalue weighted by Crippen LogP contribution is -2.53. The summed E-state index contributed by atoms with van der Waals surface area (Å²) in [6, 6.07) is 6.64. The molecule has 0 saturated carbocycles. The Bertz CT molecular complexity index is 757. The molecular formula is C23H37N5O2. The first-order valence-corrected chi connectivity index (χ1v) is 11.0. The van der Waals surface area contributed by atoms with Crippen molar-refractivity contribution in [1.82, 2.24) is 9.80 Å². The molecule has 2 aliphatic heterocycles. The number of amidine groups is 1. The number of likely N-dealkylation sites (tertiary alicyclic amines) is 1. The lowest BCUT2D eigenvalue weighted by molar-refractivity contribution is -0.156. The molecule has 7 nitrogen and oxygen atoms in total. The van der Waals surface area contributed by atoms with Crippen LogP contribution < -0.4 is 10.6 Å². The molecule has 3 N–H and O–H groups in total. The molecular weight excluding hydrogens is 378 g/mol. The van der Waals surface area contributed by atoms with Crippen molar-refractivity contribution in [3.8, 4) is 0 Å². The van der Waals surface area contributed by atoms with Crippen LogP contribution in [0.1, 0.15) is 44.7 Å². The van der Waals surface area contributed by atoms with Crippen molar-refractivity contribution in [1.29, 1.82) is 5.41 Å². The topological polar surface area (TPSA) is 85.9 Å². The highest BCUT2D eigenvalue weighted by Crippen LogP contribution is 2.25. The number of nitrogens with two attached hydrogens (primary N) is 1. The largest absolute Gasteiger partial charge is 0.459 e. The van der Waals surface area contributed by atoms with E-state index in [0.29, 0.717) is 12.6 Å². The molecule has 30 heavy (non-hydrogen) atoms. The number of benzene rings is 1. The van der Waals surface area contributed by atoms with Gasteiger partial charge >= 0.3 is 5.97 Å². The van der Waals surface area contributed by atoms with E-state index >= 15 is 0 Å². The molecule has 0 aliphatic carbocycles. The summed E-state index contributed by atoms with van der Waals surface area (Å²) in [6.45, 7) is 14.3. The molecule has 0 unspecified atom stereocenters. The average Bonchev–Trinajstić information content (AvgIpc) is 2.67. The molecule has 0 aromatic heterocycles. The number of hydrogen-bond donors (Lipinski definition) is 2. The second-order valence-corrected chi connectivity index (χ2v) is 9.53. The average molecular weight is 416 g/mol. The summed E-state index contributed by atoms with van der Waals surface area (Å²) in [4.78, 5) is 19.3. The first-order valence-electron chi connectivity index (χ1n) is 11.0. The summed E-state index contributed by atoms with van der Waals surface area (Å²) in [6.07, 6.45) is 2.21. The number of carbonyl (C=O) groups is 1. The van der Waals surface area contributed by atoms with Crippen LogP contribution in [0.25, 0.3) is 0 Å². The first kappa shape index (κ1) is 22.6. The fraction of sp³-hybridized carbons (Fsp3) is 0.652. The van der Waals surface area contributed by atoms with E-state index in [0.717, 1.165) is 57.7 Å². The van der Waals surface area contributed by atoms with Gasteiger partial charge < -0.3 is 15.4 Å². The van der Waals surface area contributed by atoms with Gasteiger partial charge in [-0.2, -0.15) is 0 Å². The van der Waals surface area contributed by atoms with E-state index in [4.69, 9.17) is 15.9 Å². The van der Waals surface area contributed by atoms with Crippen LogP contribution >= 0.6 is 0 Å². The lowest BCUT2D eigenvalue weighted by Gasteiger charge is -2.43. The summed E-state index contributed by atoms with van der Waals surface area (Å²) >= 11 is 0. The Balaban J connectivity index is 1.45. The number of nitrogens with zero attached hydrogens (tertiary/aromatic N) is 3. The first-order chi connectivity index (χ1) is 14.1. The second kappa shape index (κ2) is 9.35. The number of nitrogen functional groups attached to an aromatic ring is 1. The van der Waals surface area contributed by atoms with Gasteiger partial charge in [0.05, 0.1) is 6.54 Å². The third-order valence-corrected chi connectivity index (χ3v) is 6.01. The Labute approximate surface area is 180 Å². The number of carbonyl (C=O) groups excluding carboxylic acids is 1. The van der Waals surface area contributed by atoms with Crippen molar-refractivity contribution >= 4 is 17.5 Å². The monoisotopic (exact) mass is 415 g/mol. The fourth-order valence-electron chi connectivity index (χ4n) is 4.50. The highest BCUT2D eigenvalue weighted by atomic mass is 16.6. The molecule has 0 bridgehead atoms. The number of esters is 1. The number of piperazine rings is 1. The normalized spacial score (nSPS) is 19.7. The molecule has 3 rings (SSSR count). The van der Waals surface area contributed by atoms with E-state index in [1.54, 1.807) is 0 Å². The van der Waals surface area contributed by atoms with Gasteiger partial charge in [0.1, 0.15) is 11.4 Å². The minimum absolute atomic E-state index is 0.118. The van der Waals surface area contributed by atoms with Crippen LogP contribution in [-0.2, 0) is 9.53 Å². The number of hydrogen-bond acceptors (Lipinski definition) is 6. The Morgan fingerprint density at radius 1 is 1.13 bits per heavy atom. The van der Waals surface area contributed by atoms with Crippen LogP contribution in [0.5, 0.6) is 0 Å². The quantitative estimate of drug-likeness (QED) is 0.436. The maximum absolute atomic E-state index is 12.1. The van der Waals surface area contributed by atoms with Crippen LogP contribution in [0.2, 0.25) is 0 Å². The highest BCUT2D eigenvalue weighted by molar-refractivity contribution is 5.95. The molecule has 2 saturated heterocycles. The molecule has 1 aromatic carbocycles. The molecule has 2 heterocycles. The number of rotatable bonds is 5. The smallest absolute Gasteiger partial charge is 0.320 e. The van der Waals surface area contributed by atoms with Gasteiger partial charge in [0.15, 0.2) is 0 Å². The molecule has 2 aliphatic rings. The van der Waals surface area contributed by atoms with E-state index < -0.39 is 5.60 Å². The molecule has 0 atom stereocenters. The van der Waals surface area contributed by atoms with E-state index in [1.165, 1.54) is 11.3 Å². The minimum atomic E-state index is -0.417. The van der Waals surface area contributed by atoms with Crippen molar-refractivity contribution in [2.24, 2.45) is 5.73 Å². The summed E-state index contributed by atoms with van der Waals surface area (Å²) in [7, 11) is 0. The van der Waals surface area contributed by atoms with Gasteiger partial charge in [-0.1, -0.05) is 0 Å². The van der Waals surface area contributed by atoms with Crippen LogP contribution in [0, 0.1) is 12.3 Å². The van der Waals surface area contributed by atoms with Crippen molar-refractivity contribution in [2.75, 3.05) is 50.7 Å². The standard InChI is InChI=1S/C23H37N5O2/c1-17-15-18(22(24)25)5-6-20(17)28-13-11-27(12-14-28)19-7-9-26(10-8-19)16-21(29)30-23(2,3)4/h5-6,15,19H,7-14,16H2,1-4H3,(H3,24,25). The van der Waals surface area contributed by atoms with Gasteiger partial charge in [-0.3, -0.25) is 20.0 Å². The molecule has 2 fully saturated rings. The highest BCUT2D eigenvalue weighted by Gasteiger charge is 2.29. The van der Waals surface area contributed by atoms with E-state index in [1.807, 2.05) is 32.9 Å². The van der Waals surface area contributed by atoms with Crippen LogP contribution in [0.4, 0.5) is 5.69 Å². The Hall–Kier alpha value is -2.12. The maximum atomic E-state index is 12.1. The Morgan fingerprint density at radius 3 is 2.30 bits per heavy atom. The van der Waals surface area contributed by atoms with Crippen LogP contribution in [-0.4, -0.2) is 79.1 Å². The molecule has 166 valence electrons. The third-order valence-electron chi connectivity index (χ3n) is 6.01. The fourth-order valence-corrected chi connectivity index (χ4v) is 4.50. The second-order valence-electron chi connectivity index (χ2n) is 9.53. The molecule has 7 heteroatoms. The molecule has 1 aromatic rings. The van der Waals surface area contributed by atoms with Crippen LogP contribution in [0.3, 0.4) is 0 Å². The summed E-state index contributed by atoms with van der Waals surface area (Å²) in [5.74, 6) is -0.00629. The van der Waals surface area contributed by atoms with Crippen molar-refractivity contribution in [2.45, 2.75) is 52.2 Å². The zero-order chi connectivity index (χ0) is 21.9. The van der Waals surface area contributed by atoms with Gasteiger partial charge in [0, 0.05) is 56.6 Å². The zero-order valence-corrected chi connectivity index (χ0v) is 18.9. The Kier molecular flexibility index (Phi) is 7.03. The number of aryl methyl sites for hydroxylation is 1. The van der Waals surface area contributed by atoms with Crippen molar-refractivity contribution < 1.29 is 9.53 Å². The van der Waals surface area contributed by atoms with Gasteiger partial charge in [-0.25, -0.2) is 0 Å². The SMILES string of the molecule is Cc1cc(C(=N)N)ccc1N1CCN(C2CCN(CC(=O)OC(C)(C)C)CC2)CC1. The van der Waals surface area contributed by atoms with Gasteiger partial charge in [-0.05, 0) is 64.3 Å². The molecule has 0 radical (unpaired) electrons. The predicted molar refractivity (Wildman–Crippen MR) is 121 cm³/mol. The lowest BCUT2D eigenvalue weighted by atomic mass is 10.0. The summed E-state index contributed by atoms with van der Waals surface area (Å²) in [5.41, 5.74) is 8.39. The van der Waals surface area contributed by atoms with Gasteiger partial charge in [0.25, 0.3) is 0 Å². The van der Waals surface area contributed by atoms with Crippen LogP contribution in [0.15, 0.2) is 18.2 Å². The van der Waals surface area contributed by atoms with Crippen molar-refractivity contribution in [3.05, 3.63) is 29.3 Å². The van der Waals surface area contributed by atoms with Crippen molar-refractivity contribution in [3.63, 3.8) is 0 Å². The maximum Gasteiger partial charge on any atom is 0.320 e. The minimum Gasteiger partial charge on any atom is -0.459 e. The number of ether oxygens (including phenoxy) is 1. The van der Waals surface area contributed by atoms with Gasteiger partial charge in [-0.15, -0.1) is 0 Å². The summed E-state index contributed by atoms with van der Waals surface area (Å²) < 4.78 is 5.45. The Morgan fingerprint density at radius 2 is 1.77 bits per heavy atom. The van der Waals surface area contributed by atoms with E-state index in [9.17, 15) is 4.79 Å². The number of nitrogens with one attached hydrogen (secondary N) is 1. The number of anilines is 1. The molecule has 0 spiro atoms. The summed E-state index contributed by atoms with van der Waals surface area (Å²) in [5, 5.41) is 7.61. The van der Waals surface area contributed by atoms with Gasteiger partial charge in [0.2, 0.25) is 0 Å². The molecule has 0 amide bonds. The third kappa shape index (κ3) is 5.95. The zero-order valence-electron chi connectivity index (χ0n) is 18.9. The predicted octanol–water partition coefficient (Wildman–Crippen LogP) is 2.21.